The average Bonchev–Trinajstić information content (AvgIpc) is 2.54. The molecule has 1 aromatic rings. The molecule has 0 radical (unpaired) electrons. The lowest BCUT2D eigenvalue weighted by Crippen LogP contribution is -2.44. The van der Waals surface area contributed by atoms with Crippen molar-refractivity contribution in [1.82, 2.24) is 10.2 Å². The van der Waals surface area contributed by atoms with Crippen LogP contribution in [0.25, 0.3) is 0 Å². The summed E-state index contributed by atoms with van der Waals surface area (Å²) < 4.78 is 38.4. The van der Waals surface area contributed by atoms with Crippen LogP contribution in [-0.2, 0) is 17.5 Å². The Morgan fingerprint density at radius 2 is 1.88 bits per heavy atom. The number of amides is 1. The summed E-state index contributed by atoms with van der Waals surface area (Å²) in [5.74, 6) is 0.490. The number of alkyl halides is 3. The van der Waals surface area contributed by atoms with Gasteiger partial charge >= 0.3 is 6.18 Å². The fourth-order valence-corrected chi connectivity index (χ4v) is 2.97. The minimum atomic E-state index is -4.31. The number of hydrogen-bond donors (Lipinski definition) is 1. The van der Waals surface area contributed by atoms with Gasteiger partial charge in [0.2, 0.25) is 5.91 Å². The highest BCUT2D eigenvalue weighted by Gasteiger charge is 2.31. The molecule has 1 aliphatic rings. The maximum absolute atomic E-state index is 12.8. The smallest absolute Gasteiger partial charge is 0.353 e. The van der Waals surface area contributed by atoms with Crippen molar-refractivity contribution in [3.05, 3.63) is 35.4 Å². The van der Waals surface area contributed by atoms with Gasteiger partial charge in [-0.1, -0.05) is 32.0 Å². The normalized spacial score (nSPS) is 18.4. The van der Waals surface area contributed by atoms with Crippen LogP contribution in [-0.4, -0.2) is 29.9 Å². The molecule has 25 heavy (non-hydrogen) atoms. The lowest BCUT2D eigenvalue weighted by molar-refractivity contribution is -0.137. The number of nitrogens with one attached hydrogen (secondary N) is 1. The molecule has 1 atom stereocenters. The van der Waals surface area contributed by atoms with Crippen LogP contribution in [0.15, 0.2) is 24.3 Å². The van der Waals surface area contributed by atoms with Gasteiger partial charge in [0.05, 0.1) is 5.56 Å². The minimum Gasteiger partial charge on any atom is -0.353 e. The summed E-state index contributed by atoms with van der Waals surface area (Å²) in [5.41, 5.74) is 0.0492. The number of carbonyl (C=O) groups excluding carboxylic acids is 1. The maximum atomic E-state index is 12.8. The van der Waals surface area contributed by atoms with Gasteiger partial charge < -0.3 is 5.32 Å². The topological polar surface area (TPSA) is 32.3 Å². The van der Waals surface area contributed by atoms with Crippen LogP contribution in [0.4, 0.5) is 13.2 Å². The molecule has 3 nitrogen and oxygen atoms in total. The van der Waals surface area contributed by atoms with Crippen molar-refractivity contribution in [2.75, 3.05) is 13.1 Å². The standard InChI is InChI=1S/C19H27F3N2O/c1-13(2)14(3)23-18(25)16-7-9-24(10-8-16)12-15-5-4-6-17(11-15)19(20,21)22/h4-6,11,13-14,16H,7-10,12H2,1-3H3,(H,23,25). The lowest BCUT2D eigenvalue weighted by Gasteiger charge is -2.32. The van der Waals surface area contributed by atoms with Gasteiger partial charge in [-0.3, -0.25) is 9.69 Å². The van der Waals surface area contributed by atoms with Crippen LogP contribution in [0.1, 0.15) is 44.7 Å². The van der Waals surface area contributed by atoms with Gasteiger partial charge in [-0.05, 0) is 50.4 Å². The molecule has 1 N–H and O–H groups in total. The molecule has 1 heterocycles. The number of rotatable bonds is 5. The Hall–Kier alpha value is -1.56. The van der Waals surface area contributed by atoms with Gasteiger partial charge in [0.1, 0.15) is 0 Å². The Bertz CT molecular complexity index is 578. The van der Waals surface area contributed by atoms with Gasteiger partial charge in [0, 0.05) is 18.5 Å². The van der Waals surface area contributed by atoms with Crippen molar-refractivity contribution in [2.24, 2.45) is 11.8 Å². The zero-order chi connectivity index (χ0) is 18.6. The zero-order valence-corrected chi connectivity index (χ0v) is 15.1. The molecule has 140 valence electrons. The van der Waals surface area contributed by atoms with Crippen LogP contribution in [0.3, 0.4) is 0 Å². The molecule has 1 aliphatic heterocycles. The largest absolute Gasteiger partial charge is 0.416 e. The Labute approximate surface area is 147 Å². The summed E-state index contributed by atoms with van der Waals surface area (Å²) in [6.07, 6.45) is -2.82. The van der Waals surface area contributed by atoms with E-state index < -0.39 is 11.7 Å². The molecule has 0 saturated carbocycles. The van der Waals surface area contributed by atoms with Crippen molar-refractivity contribution in [1.29, 1.82) is 0 Å². The SMILES string of the molecule is CC(C)C(C)NC(=O)C1CCN(Cc2cccc(C(F)(F)F)c2)CC1. The highest BCUT2D eigenvalue weighted by molar-refractivity contribution is 5.79. The average molecular weight is 356 g/mol. The summed E-state index contributed by atoms with van der Waals surface area (Å²) in [6, 6.07) is 5.62. The van der Waals surface area contributed by atoms with E-state index in [2.05, 4.69) is 24.1 Å². The van der Waals surface area contributed by atoms with E-state index in [4.69, 9.17) is 0 Å². The van der Waals surface area contributed by atoms with Crippen LogP contribution in [0.5, 0.6) is 0 Å². The molecule has 6 heteroatoms. The first-order chi connectivity index (χ1) is 11.7. The first kappa shape index (κ1) is 19.8. The Morgan fingerprint density at radius 1 is 1.24 bits per heavy atom. The number of hydrogen-bond acceptors (Lipinski definition) is 2. The summed E-state index contributed by atoms with van der Waals surface area (Å²) in [5, 5.41) is 3.06. The third-order valence-corrected chi connectivity index (χ3v) is 4.99. The molecule has 2 rings (SSSR count). The molecule has 0 spiro atoms. The van der Waals surface area contributed by atoms with Crippen molar-refractivity contribution in [3.63, 3.8) is 0 Å². The molecule has 1 fully saturated rings. The van der Waals surface area contributed by atoms with Gasteiger partial charge in [0.15, 0.2) is 0 Å². The van der Waals surface area contributed by atoms with Crippen LogP contribution < -0.4 is 5.32 Å². The second kappa shape index (κ2) is 8.21. The maximum Gasteiger partial charge on any atom is 0.416 e. The molecular weight excluding hydrogens is 329 g/mol. The highest BCUT2D eigenvalue weighted by Crippen LogP contribution is 2.30. The molecule has 0 aromatic heterocycles. The number of halogens is 3. The fourth-order valence-electron chi connectivity index (χ4n) is 2.97. The molecular formula is C19H27F3N2O. The summed E-state index contributed by atoms with van der Waals surface area (Å²) in [6.45, 7) is 8.09. The Kier molecular flexibility index (Phi) is 6.49. The second-order valence-electron chi connectivity index (χ2n) is 7.29. The second-order valence-corrected chi connectivity index (χ2v) is 7.29. The van der Waals surface area contributed by atoms with E-state index in [1.54, 1.807) is 6.07 Å². The van der Waals surface area contributed by atoms with Crippen molar-refractivity contribution >= 4 is 5.91 Å². The lowest BCUT2D eigenvalue weighted by atomic mass is 9.94. The van der Waals surface area contributed by atoms with Crippen LogP contribution in [0.2, 0.25) is 0 Å². The third kappa shape index (κ3) is 5.73. The number of benzene rings is 1. The van der Waals surface area contributed by atoms with E-state index >= 15 is 0 Å². The van der Waals surface area contributed by atoms with Crippen LogP contribution in [0, 0.1) is 11.8 Å². The molecule has 0 bridgehead atoms. The zero-order valence-electron chi connectivity index (χ0n) is 15.1. The molecule has 1 aromatic carbocycles. The van der Waals surface area contributed by atoms with E-state index in [0.717, 1.165) is 32.0 Å². The van der Waals surface area contributed by atoms with E-state index in [-0.39, 0.29) is 17.9 Å². The Morgan fingerprint density at radius 3 is 2.44 bits per heavy atom. The number of carbonyl (C=O) groups is 1. The van der Waals surface area contributed by atoms with E-state index in [0.29, 0.717) is 18.0 Å². The van der Waals surface area contributed by atoms with E-state index in [1.807, 2.05) is 6.92 Å². The summed E-state index contributed by atoms with van der Waals surface area (Å²) >= 11 is 0. The molecule has 0 aliphatic carbocycles. The monoisotopic (exact) mass is 356 g/mol. The highest BCUT2D eigenvalue weighted by atomic mass is 19.4. The van der Waals surface area contributed by atoms with E-state index in [9.17, 15) is 18.0 Å². The Balaban J connectivity index is 1.86. The number of nitrogens with zero attached hydrogens (tertiary/aromatic N) is 1. The van der Waals surface area contributed by atoms with Crippen LogP contribution >= 0.6 is 0 Å². The van der Waals surface area contributed by atoms with Crippen molar-refractivity contribution < 1.29 is 18.0 Å². The number of piperidine rings is 1. The molecule has 1 saturated heterocycles. The van der Waals surface area contributed by atoms with Gasteiger partial charge in [0.25, 0.3) is 0 Å². The third-order valence-electron chi connectivity index (χ3n) is 4.99. The first-order valence-corrected chi connectivity index (χ1v) is 8.85. The first-order valence-electron chi connectivity index (χ1n) is 8.85. The predicted octanol–water partition coefficient (Wildman–Crippen LogP) is 4.08. The molecule has 1 unspecified atom stereocenters. The van der Waals surface area contributed by atoms with Gasteiger partial charge in [-0.25, -0.2) is 0 Å². The van der Waals surface area contributed by atoms with Crippen molar-refractivity contribution in [3.8, 4) is 0 Å². The van der Waals surface area contributed by atoms with Crippen molar-refractivity contribution in [2.45, 2.75) is 52.4 Å². The molecule has 1 amide bonds. The summed E-state index contributed by atoms with van der Waals surface area (Å²) in [7, 11) is 0. The van der Waals surface area contributed by atoms with Gasteiger partial charge in [-0.2, -0.15) is 13.2 Å². The minimum absolute atomic E-state index is 0.000963. The number of likely N-dealkylation sites (tertiary alicyclic amines) is 1. The van der Waals surface area contributed by atoms with E-state index in [1.165, 1.54) is 12.1 Å². The van der Waals surface area contributed by atoms with Gasteiger partial charge in [-0.15, -0.1) is 0 Å². The quantitative estimate of drug-likeness (QED) is 0.862. The summed E-state index contributed by atoms with van der Waals surface area (Å²) in [4.78, 5) is 14.4. The predicted molar refractivity (Wildman–Crippen MR) is 91.9 cm³/mol. The fraction of sp³-hybridized carbons (Fsp3) is 0.632.